The van der Waals surface area contributed by atoms with Gasteiger partial charge in [0.05, 0.1) is 70.1 Å². The average molecular weight is 949 g/mol. The highest BCUT2D eigenvalue weighted by molar-refractivity contribution is 7.92. The molecule has 0 amide bonds. The van der Waals surface area contributed by atoms with Crippen molar-refractivity contribution in [3.63, 3.8) is 0 Å². The van der Waals surface area contributed by atoms with Gasteiger partial charge in [-0.15, -0.1) is 0 Å². The zero-order valence-corrected chi connectivity index (χ0v) is 41.4. The minimum Gasteiger partial charge on any atom is -0.491 e. The van der Waals surface area contributed by atoms with E-state index in [1.807, 2.05) is 111 Å². The molecule has 2 aliphatic heterocycles. The van der Waals surface area contributed by atoms with Crippen LogP contribution >= 0.6 is 0 Å². The maximum atomic E-state index is 13.7. The van der Waals surface area contributed by atoms with Gasteiger partial charge in [-0.2, -0.15) is 0 Å². The third-order valence-corrected chi connectivity index (χ3v) is 16.2. The van der Waals surface area contributed by atoms with Gasteiger partial charge in [-0.1, -0.05) is 89.8 Å². The second-order valence-corrected chi connectivity index (χ2v) is 22.5. The van der Waals surface area contributed by atoms with E-state index in [2.05, 4.69) is 37.5 Å². The summed E-state index contributed by atoms with van der Waals surface area (Å²) in [5.74, 6) is -1.10. The van der Waals surface area contributed by atoms with Gasteiger partial charge in [-0.05, 0) is 60.1 Å². The molecule has 0 saturated heterocycles. The standard InChI is InChI=1S/2C25H34N2O5S/c2*1-5-6-13-25(2)17-27(19-10-8-7-9-11-19)21-15-20(26(3)4)22(32-14-12-24(28)29)16-23(21)33(30,31)18-25/h2*7-11,15-16H,5-6,12-14,17-18H2,1-4H3,(H,28,29)/t2*25-/m10/s1. The first-order valence-corrected chi connectivity index (χ1v) is 25.9. The van der Waals surface area contributed by atoms with E-state index in [0.29, 0.717) is 47.3 Å². The fourth-order valence-electron chi connectivity index (χ4n) is 8.71. The summed E-state index contributed by atoms with van der Waals surface area (Å²) >= 11 is 0. The molecule has 0 spiro atoms. The van der Waals surface area contributed by atoms with Crippen molar-refractivity contribution >= 4 is 65.7 Å². The van der Waals surface area contributed by atoms with Crippen molar-refractivity contribution in [1.29, 1.82) is 0 Å². The Hall–Kier alpha value is -5.48. The van der Waals surface area contributed by atoms with Crippen LogP contribution in [0.1, 0.15) is 79.1 Å². The normalized spacial score (nSPS) is 19.5. The molecule has 2 N–H and O–H groups in total. The van der Waals surface area contributed by atoms with Crippen LogP contribution in [-0.4, -0.2) is 105 Å². The molecule has 2 atom stereocenters. The van der Waals surface area contributed by atoms with E-state index in [1.54, 1.807) is 12.1 Å². The molecule has 16 heteroatoms. The van der Waals surface area contributed by atoms with Crippen LogP contribution in [0.25, 0.3) is 0 Å². The fourth-order valence-corrected chi connectivity index (χ4v) is 12.9. The lowest BCUT2D eigenvalue weighted by atomic mass is 9.86. The third kappa shape index (κ3) is 12.9. The Morgan fingerprint density at radius 2 is 0.955 bits per heavy atom. The summed E-state index contributed by atoms with van der Waals surface area (Å²) in [4.78, 5) is 30.3. The number of para-hydroxylation sites is 2. The number of rotatable bonds is 18. The lowest BCUT2D eigenvalue weighted by Crippen LogP contribution is -2.35. The minimum absolute atomic E-state index is 0.0361. The summed E-state index contributed by atoms with van der Waals surface area (Å²) in [6.07, 6.45) is 5.20. The molecule has 0 saturated carbocycles. The van der Waals surface area contributed by atoms with Gasteiger partial charge in [0.15, 0.2) is 19.7 Å². The summed E-state index contributed by atoms with van der Waals surface area (Å²) in [5.41, 5.74) is 3.66. The van der Waals surface area contributed by atoms with Crippen LogP contribution in [0, 0.1) is 10.8 Å². The molecule has 0 aromatic heterocycles. The highest BCUT2D eigenvalue weighted by atomic mass is 32.2. The molecule has 6 rings (SSSR count). The van der Waals surface area contributed by atoms with Crippen LogP contribution in [-0.2, 0) is 29.3 Å². The number of aliphatic carboxylic acids is 2. The van der Waals surface area contributed by atoms with Gasteiger partial charge in [0.1, 0.15) is 11.5 Å². The van der Waals surface area contributed by atoms with Crippen LogP contribution in [0.4, 0.5) is 34.1 Å². The first-order chi connectivity index (χ1) is 31.1. The first-order valence-electron chi connectivity index (χ1n) is 22.6. The molecule has 2 aliphatic rings. The molecular formula is C50H68N4O10S2. The van der Waals surface area contributed by atoms with Gasteiger partial charge >= 0.3 is 11.9 Å². The molecule has 360 valence electrons. The van der Waals surface area contributed by atoms with Crippen LogP contribution in [0.5, 0.6) is 11.5 Å². The van der Waals surface area contributed by atoms with Crippen LogP contribution in [0.3, 0.4) is 0 Å². The van der Waals surface area contributed by atoms with Crippen molar-refractivity contribution < 1.29 is 46.1 Å². The van der Waals surface area contributed by atoms with Crippen molar-refractivity contribution in [1.82, 2.24) is 0 Å². The molecule has 0 aliphatic carbocycles. The number of carbonyl (C=O) groups is 2. The van der Waals surface area contributed by atoms with E-state index in [9.17, 15) is 26.4 Å². The van der Waals surface area contributed by atoms with Crippen molar-refractivity contribution in [2.75, 3.05) is 85.6 Å². The van der Waals surface area contributed by atoms with E-state index in [0.717, 1.165) is 49.9 Å². The van der Waals surface area contributed by atoms with Gasteiger partial charge in [0.25, 0.3) is 0 Å². The Bertz CT molecular complexity index is 2350. The summed E-state index contributed by atoms with van der Waals surface area (Å²) in [6, 6.07) is 26.5. The Morgan fingerprint density at radius 1 is 0.606 bits per heavy atom. The summed E-state index contributed by atoms with van der Waals surface area (Å²) in [5, 5.41) is 18.0. The molecule has 66 heavy (non-hydrogen) atoms. The number of carboxylic acids is 2. The Kier molecular flexibility index (Phi) is 17.1. The highest BCUT2D eigenvalue weighted by Gasteiger charge is 2.42. The smallest absolute Gasteiger partial charge is 0.306 e. The van der Waals surface area contributed by atoms with E-state index >= 15 is 0 Å². The topological polar surface area (TPSA) is 174 Å². The molecule has 4 aromatic carbocycles. The largest absolute Gasteiger partial charge is 0.491 e. The van der Waals surface area contributed by atoms with Crippen molar-refractivity contribution in [3.05, 3.63) is 84.9 Å². The number of unbranched alkanes of at least 4 members (excludes halogenated alkanes) is 2. The number of benzene rings is 4. The van der Waals surface area contributed by atoms with Crippen molar-refractivity contribution in [3.8, 4) is 11.5 Å². The summed E-state index contributed by atoms with van der Waals surface area (Å²) in [6.45, 7) is 9.42. The number of anilines is 6. The summed E-state index contributed by atoms with van der Waals surface area (Å²) in [7, 11) is 0.185. The second kappa shape index (κ2) is 21.9. The molecule has 0 unspecified atom stereocenters. The maximum absolute atomic E-state index is 13.7. The predicted octanol–water partition coefficient (Wildman–Crippen LogP) is 9.46. The molecule has 0 radical (unpaired) electrons. The number of ether oxygens (including phenoxy) is 2. The van der Waals surface area contributed by atoms with Crippen LogP contribution < -0.4 is 29.1 Å². The van der Waals surface area contributed by atoms with Gasteiger partial charge < -0.3 is 39.3 Å². The first kappa shape index (κ1) is 51.5. The SMILES string of the molecule is CCCC[C@@]1(C)CN(c2ccccc2)c2cc(N(C)C)c(OCCC(=O)O)cc2S(=O)(=O)C1.CCCC[C@]1(C)CN(c2ccccc2)c2cc(N(C)C)c(OCCC(=O)O)cc2S(=O)(=O)C1. The van der Waals surface area contributed by atoms with E-state index in [1.165, 1.54) is 0 Å². The maximum Gasteiger partial charge on any atom is 0.306 e. The lowest BCUT2D eigenvalue weighted by Gasteiger charge is -2.34. The molecular weight excluding hydrogens is 881 g/mol. The second-order valence-electron chi connectivity index (χ2n) is 18.5. The Balaban J connectivity index is 0.000000247. The van der Waals surface area contributed by atoms with Crippen molar-refractivity contribution in [2.45, 2.75) is 88.9 Å². The van der Waals surface area contributed by atoms with Crippen molar-refractivity contribution in [2.24, 2.45) is 10.8 Å². The van der Waals surface area contributed by atoms with E-state index < -0.39 is 42.4 Å². The zero-order chi connectivity index (χ0) is 48.5. The highest BCUT2D eigenvalue weighted by Crippen LogP contribution is 2.48. The van der Waals surface area contributed by atoms with E-state index in [-0.39, 0.29) is 47.4 Å². The van der Waals surface area contributed by atoms with Gasteiger partial charge in [0, 0.05) is 64.8 Å². The van der Waals surface area contributed by atoms with Gasteiger partial charge in [0.2, 0.25) is 0 Å². The van der Waals surface area contributed by atoms with Gasteiger partial charge in [-0.3, -0.25) is 9.59 Å². The minimum atomic E-state index is -3.62. The fraction of sp³-hybridized carbons (Fsp3) is 0.480. The Labute approximate surface area is 392 Å². The van der Waals surface area contributed by atoms with Crippen LogP contribution in [0.2, 0.25) is 0 Å². The zero-order valence-electron chi connectivity index (χ0n) is 39.7. The average Bonchev–Trinajstić information content (AvgIpc) is 3.40. The van der Waals surface area contributed by atoms with E-state index in [4.69, 9.17) is 19.7 Å². The molecule has 14 nitrogen and oxygen atoms in total. The quantitative estimate of drug-likeness (QED) is 0.0965. The number of fused-ring (bicyclic) bond motifs is 2. The monoisotopic (exact) mass is 948 g/mol. The molecule has 4 aromatic rings. The van der Waals surface area contributed by atoms with Crippen LogP contribution in [0.15, 0.2) is 94.7 Å². The molecule has 2 heterocycles. The number of hydrogen-bond donors (Lipinski definition) is 2. The predicted molar refractivity (Wildman–Crippen MR) is 263 cm³/mol. The summed E-state index contributed by atoms with van der Waals surface area (Å²) < 4.78 is 66.2. The number of nitrogens with zero attached hydrogens (tertiary/aromatic N) is 4. The molecule has 0 fully saturated rings. The van der Waals surface area contributed by atoms with Gasteiger partial charge in [-0.25, -0.2) is 16.8 Å². The Morgan fingerprint density at radius 3 is 1.26 bits per heavy atom. The number of carboxylic acid groups (broad SMARTS) is 2. The third-order valence-electron chi connectivity index (χ3n) is 12.0. The molecule has 0 bridgehead atoms. The number of hydrogen-bond acceptors (Lipinski definition) is 12. The lowest BCUT2D eigenvalue weighted by molar-refractivity contribution is -0.138. The number of sulfone groups is 2.